The van der Waals surface area contributed by atoms with Gasteiger partial charge in [-0.25, -0.2) is 9.38 Å². The van der Waals surface area contributed by atoms with Gasteiger partial charge in [0.15, 0.2) is 0 Å². The van der Waals surface area contributed by atoms with Crippen molar-refractivity contribution in [3.8, 4) is 0 Å². The molecule has 21 heavy (non-hydrogen) atoms. The Labute approximate surface area is 128 Å². The Bertz CT molecular complexity index is 752. The highest BCUT2D eigenvalue weighted by molar-refractivity contribution is 6.33. The third-order valence-electron chi connectivity index (χ3n) is 3.44. The van der Waals surface area contributed by atoms with E-state index in [1.807, 2.05) is 36.1 Å². The minimum absolute atomic E-state index is 0.291. The van der Waals surface area contributed by atoms with Crippen molar-refractivity contribution in [2.24, 2.45) is 4.99 Å². The molecule has 0 N–H and O–H groups in total. The summed E-state index contributed by atoms with van der Waals surface area (Å²) in [7, 11) is 0. The fourth-order valence-corrected chi connectivity index (χ4v) is 2.78. The topological polar surface area (TPSA) is 15.6 Å². The standard InChI is InChI=1S/C17H14ClFN2/c1-3-16-20-15-9-5-8-14(18)17(15)11(2)21(16)13-7-4-6-12(19)10-13/h4-10H,2-3H2,1H3. The second-order valence-corrected chi connectivity index (χ2v) is 5.18. The second-order valence-electron chi connectivity index (χ2n) is 4.78. The van der Waals surface area contributed by atoms with Crippen molar-refractivity contribution < 1.29 is 4.39 Å². The van der Waals surface area contributed by atoms with E-state index < -0.39 is 0 Å². The Morgan fingerprint density at radius 1 is 1.24 bits per heavy atom. The van der Waals surface area contributed by atoms with Crippen molar-refractivity contribution in [2.75, 3.05) is 4.90 Å². The molecule has 0 amide bonds. The highest BCUT2D eigenvalue weighted by atomic mass is 35.5. The molecule has 3 rings (SSSR count). The smallest absolute Gasteiger partial charge is 0.125 e. The average molecular weight is 301 g/mol. The van der Waals surface area contributed by atoms with Gasteiger partial charge in [0.25, 0.3) is 0 Å². The number of rotatable bonds is 2. The molecule has 0 saturated carbocycles. The largest absolute Gasteiger partial charge is 0.298 e. The molecular weight excluding hydrogens is 287 g/mol. The zero-order valence-electron chi connectivity index (χ0n) is 11.6. The molecular formula is C17H14ClFN2. The van der Waals surface area contributed by atoms with Crippen molar-refractivity contribution in [3.63, 3.8) is 0 Å². The van der Waals surface area contributed by atoms with Crippen LogP contribution in [0.3, 0.4) is 0 Å². The maximum absolute atomic E-state index is 13.5. The minimum Gasteiger partial charge on any atom is -0.298 e. The van der Waals surface area contributed by atoms with Crippen LogP contribution in [0.15, 0.2) is 54.0 Å². The molecule has 0 bridgehead atoms. The summed E-state index contributed by atoms with van der Waals surface area (Å²) in [6, 6.07) is 12.0. The number of hydrogen-bond acceptors (Lipinski definition) is 2. The van der Waals surface area contributed by atoms with Crippen molar-refractivity contribution in [3.05, 3.63) is 65.4 Å². The van der Waals surface area contributed by atoms with Gasteiger partial charge in [-0.05, 0) is 30.3 Å². The first-order valence-electron chi connectivity index (χ1n) is 6.73. The van der Waals surface area contributed by atoms with Gasteiger partial charge < -0.3 is 0 Å². The lowest BCUT2D eigenvalue weighted by atomic mass is 10.1. The minimum atomic E-state index is -0.291. The van der Waals surface area contributed by atoms with Gasteiger partial charge in [-0.15, -0.1) is 0 Å². The Kier molecular flexibility index (Phi) is 3.52. The van der Waals surface area contributed by atoms with Crippen molar-refractivity contribution in [1.82, 2.24) is 0 Å². The highest BCUT2D eigenvalue weighted by Gasteiger charge is 2.25. The van der Waals surface area contributed by atoms with Gasteiger partial charge in [0.2, 0.25) is 0 Å². The molecule has 0 radical (unpaired) electrons. The molecule has 2 aromatic carbocycles. The SMILES string of the molecule is C=C1c2c(Cl)cccc2N=C(CC)N1c1cccc(F)c1. The molecule has 106 valence electrons. The summed E-state index contributed by atoms with van der Waals surface area (Å²) < 4.78 is 13.5. The molecule has 1 heterocycles. The van der Waals surface area contributed by atoms with E-state index in [1.165, 1.54) is 12.1 Å². The molecule has 0 unspecified atom stereocenters. The molecule has 0 atom stereocenters. The van der Waals surface area contributed by atoms with Crippen LogP contribution in [0.1, 0.15) is 18.9 Å². The molecule has 2 nitrogen and oxygen atoms in total. The Hall–Kier alpha value is -2.13. The highest BCUT2D eigenvalue weighted by Crippen LogP contribution is 2.40. The lowest BCUT2D eigenvalue weighted by Gasteiger charge is -2.32. The summed E-state index contributed by atoms with van der Waals surface area (Å²) >= 11 is 6.28. The second kappa shape index (κ2) is 5.34. The molecule has 0 aromatic heterocycles. The lowest BCUT2D eigenvalue weighted by Crippen LogP contribution is -2.31. The zero-order chi connectivity index (χ0) is 15.0. The fourth-order valence-electron chi connectivity index (χ4n) is 2.51. The number of benzene rings is 2. The number of nitrogens with zero attached hydrogens (tertiary/aromatic N) is 2. The number of amidine groups is 1. The number of fused-ring (bicyclic) bond motifs is 1. The Morgan fingerprint density at radius 3 is 2.71 bits per heavy atom. The molecule has 0 fully saturated rings. The molecule has 2 aromatic rings. The molecule has 4 heteroatoms. The molecule has 0 saturated heterocycles. The van der Waals surface area contributed by atoms with E-state index in [9.17, 15) is 4.39 Å². The van der Waals surface area contributed by atoms with Crippen molar-refractivity contribution >= 4 is 34.5 Å². The van der Waals surface area contributed by atoms with Crippen LogP contribution in [0, 0.1) is 5.82 Å². The van der Waals surface area contributed by atoms with Gasteiger partial charge in [-0.1, -0.05) is 37.2 Å². The van der Waals surface area contributed by atoms with Gasteiger partial charge in [0.1, 0.15) is 11.7 Å². The predicted octanol–water partition coefficient (Wildman–Crippen LogP) is 5.41. The van der Waals surface area contributed by atoms with Crippen LogP contribution in [0.4, 0.5) is 15.8 Å². The number of anilines is 1. The third kappa shape index (κ3) is 2.34. The number of hydrogen-bond donors (Lipinski definition) is 0. The summed E-state index contributed by atoms with van der Waals surface area (Å²) in [5.41, 5.74) is 3.01. The summed E-state index contributed by atoms with van der Waals surface area (Å²) in [4.78, 5) is 6.50. The molecule has 1 aliphatic heterocycles. The Balaban J connectivity index is 2.19. The van der Waals surface area contributed by atoms with E-state index in [-0.39, 0.29) is 5.82 Å². The zero-order valence-corrected chi connectivity index (χ0v) is 12.4. The van der Waals surface area contributed by atoms with Gasteiger partial charge >= 0.3 is 0 Å². The van der Waals surface area contributed by atoms with Crippen molar-refractivity contribution in [2.45, 2.75) is 13.3 Å². The van der Waals surface area contributed by atoms with Crippen LogP contribution in [0.2, 0.25) is 5.02 Å². The van der Waals surface area contributed by atoms with Gasteiger partial charge in [0.05, 0.1) is 22.1 Å². The maximum Gasteiger partial charge on any atom is 0.125 e. The Morgan fingerprint density at radius 2 is 2.00 bits per heavy atom. The first-order chi connectivity index (χ1) is 10.1. The van der Waals surface area contributed by atoms with Crippen molar-refractivity contribution in [1.29, 1.82) is 0 Å². The van der Waals surface area contributed by atoms with E-state index in [0.717, 1.165) is 17.1 Å². The maximum atomic E-state index is 13.5. The lowest BCUT2D eigenvalue weighted by molar-refractivity contribution is 0.628. The summed E-state index contributed by atoms with van der Waals surface area (Å²) in [5.74, 6) is 0.529. The van der Waals surface area contributed by atoms with Gasteiger partial charge in [-0.2, -0.15) is 0 Å². The third-order valence-corrected chi connectivity index (χ3v) is 3.76. The van der Waals surface area contributed by atoms with E-state index in [0.29, 0.717) is 22.8 Å². The summed E-state index contributed by atoms with van der Waals surface area (Å²) in [5, 5.41) is 0.595. The van der Waals surface area contributed by atoms with Crippen LogP contribution in [-0.2, 0) is 0 Å². The molecule has 0 aliphatic carbocycles. The van der Waals surface area contributed by atoms with Gasteiger partial charge in [0, 0.05) is 12.0 Å². The summed E-state index contributed by atoms with van der Waals surface area (Å²) in [6.45, 7) is 6.15. The van der Waals surface area contributed by atoms with Crippen LogP contribution >= 0.6 is 11.6 Å². The van der Waals surface area contributed by atoms with Crippen LogP contribution < -0.4 is 4.90 Å². The number of halogens is 2. The monoisotopic (exact) mass is 300 g/mol. The quantitative estimate of drug-likeness (QED) is 0.724. The average Bonchev–Trinajstić information content (AvgIpc) is 2.46. The summed E-state index contributed by atoms with van der Waals surface area (Å²) in [6.07, 6.45) is 0.710. The molecule has 1 aliphatic rings. The van der Waals surface area contributed by atoms with Crippen LogP contribution in [-0.4, -0.2) is 5.84 Å². The van der Waals surface area contributed by atoms with Crippen LogP contribution in [0.5, 0.6) is 0 Å². The predicted molar refractivity (Wildman–Crippen MR) is 86.8 cm³/mol. The first-order valence-corrected chi connectivity index (χ1v) is 7.10. The van der Waals surface area contributed by atoms with E-state index in [2.05, 4.69) is 11.6 Å². The van der Waals surface area contributed by atoms with E-state index in [1.54, 1.807) is 6.07 Å². The van der Waals surface area contributed by atoms with Gasteiger partial charge in [-0.3, -0.25) is 4.90 Å². The first kappa shape index (κ1) is 13.8. The normalized spacial score (nSPS) is 14.0. The fraction of sp³-hybridized carbons (Fsp3) is 0.118. The molecule has 0 spiro atoms. The number of aliphatic imine (C=N–C) groups is 1. The van der Waals surface area contributed by atoms with Crippen LogP contribution in [0.25, 0.3) is 5.70 Å². The van der Waals surface area contributed by atoms with E-state index in [4.69, 9.17) is 11.6 Å². The van der Waals surface area contributed by atoms with E-state index >= 15 is 0 Å².